The highest BCUT2D eigenvalue weighted by atomic mass is 19.3. The Morgan fingerprint density at radius 3 is 1.64 bits per heavy atom. The second-order valence-electron chi connectivity index (χ2n) is 14.2. The molecule has 0 radical (unpaired) electrons. The maximum Gasteiger partial charge on any atom is 0.380 e. The molecular formula is C47H25F6NO. The van der Waals surface area contributed by atoms with Crippen LogP contribution in [0.4, 0.5) is 26.3 Å². The molecule has 8 heteroatoms. The van der Waals surface area contributed by atoms with E-state index in [1.807, 2.05) is 84.9 Å². The summed E-state index contributed by atoms with van der Waals surface area (Å²) in [4.78, 5) is 0. The number of furan rings is 1. The molecule has 0 amide bonds. The first-order valence-corrected chi connectivity index (χ1v) is 17.7. The molecule has 55 heavy (non-hydrogen) atoms. The van der Waals surface area contributed by atoms with Gasteiger partial charge in [0.05, 0.1) is 11.0 Å². The molecule has 2 aromatic heterocycles. The van der Waals surface area contributed by atoms with Crippen molar-refractivity contribution in [3.63, 3.8) is 0 Å². The van der Waals surface area contributed by atoms with Crippen LogP contribution in [-0.4, -0.2) is 10.5 Å². The molecule has 8 aromatic carbocycles. The van der Waals surface area contributed by atoms with Crippen molar-refractivity contribution < 1.29 is 30.8 Å². The lowest BCUT2D eigenvalue weighted by molar-refractivity contribution is -0.301. The first-order chi connectivity index (χ1) is 26.6. The van der Waals surface area contributed by atoms with Gasteiger partial charge in [-0.25, -0.2) is 0 Å². The lowest BCUT2D eigenvalue weighted by Gasteiger charge is -2.23. The van der Waals surface area contributed by atoms with Crippen LogP contribution in [0.2, 0.25) is 0 Å². The van der Waals surface area contributed by atoms with Crippen molar-refractivity contribution in [3.8, 4) is 27.9 Å². The Morgan fingerprint density at radius 2 is 0.982 bits per heavy atom. The molecule has 2 heterocycles. The van der Waals surface area contributed by atoms with Crippen LogP contribution in [0.5, 0.6) is 0 Å². The second-order valence-corrected chi connectivity index (χ2v) is 14.2. The number of hydrogen-bond donors (Lipinski definition) is 0. The van der Waals surface area contributed by atoms with Gasteiger partial charge in [0, 0.05) is 38.4 Å². The largest absolute Gasteiger partial charge is 0.456 e. The number of rotatable bonds is 3. The Bertz CT molecular complexity index is 3200. The van der Waals surface area contributed by atoms with Crippen LogP contribution in [0.1, 0.15) is 11.1 Å². The zero-order valence-corrected chi connectivity index (χ0v) is 28.6. The van der Waals surface area contributed by atoms with Gasteiger partial charge in [-0.05, 0) is 92.3 Å². The Kier molecular flexibility index (Phi) is 6.26. The molecule has 0 atom stereocenters. The summed E-state index contributed by atoms with van der Waals surface area (Å²) in [5, 5.41) is 3.43. The monoisotopic (exact) mass is 733 g/mol. The predicted molar refractivity (Wildman–Crippen MR) is 207 cm³/mol. The summed E-state index contributed by atoms with van der Waals surface area (Å²) in [5.41, 5.74) is 4.17. The van der Waals surface area contributed by atoms with E-state index in [0.29, 0.717) is 27.9 Å². The summed E-state index contributed by atoms with van der Waals surface area (Å²) in [6.45, 7) is 0. The van der Waals surface area contributed by atoms with Crippen LogP contribution in [0.15, 0.2) is 156 Å². The maximum absolute atomic E-state index is 15.7. The average molecular weight is 734 g/mol. The lowest BCUT2D eigenvalue weighted by Crippen LogP contribution is -2.43. The molecule has 0 saturated heterocycles. The van der Waals surface area contributed by atoms with Gasteiger partial charge in [-0.2, -0.15) is 26.3 Å². The van der Waals surface area contributed by atoms with Gasteiger partial charge >= 0.3 is 17.8 Å². The average Bonchev–Trinajstić information content (AvgIpc) is 3.78. The molecule has 11 rings (SSSR count). The third-order valence-corrected chi connectivity index (χ3v) is 11.3. The highest BCUT2D eigenvalue weighted by molar-refractivity contribution is 6.17. The fourth-order valence-corrected chi connectivity index (χ4v) is 8.78. The Hall–Kier alpha value is -6.54. The number of para-hydroxylation sites is 2. The van der Waals surface area contributed by atoms with Crippen LogP contribution in [-0.2, 0) is 11.8 Å². The predicted octanol–water partition coefficient (Wildman–Crippen LogP) is 14.2. The van der Waals surface area contributed by atoms with Crippen LogP contribution >= 0.6 is 0 Å². The Morgan fingerprint density at radius 1 is 0.400 bits per heavy atom. The minimum atomic E-state index is -5.63. The number of alkyl halides is 6. The smallest absolute Gasteiger partial charge is 0.380 e. The first-order valence-electron chi connectivity index (χ1n) is 17.7. The van der Waals surface area contributed by atoms with E-state index in [0.717, 1.165) is 43.8 Å². The molecule has 0 saturated carbocycles. The van der Waals surface area contributed by atoms with Gasteiger partial charge in [0.1, 0.15) is 11.2 Å². The van der Waals surface area contributed by atoms with E-state index in [9.17, 15) is 0 Å². The van der Waals surface area contributed by atoms with Crippen LogP contribution in [0.25, 0.3) is 93.2 Å². The third kappa shape index (κ3) is 4.11. The number of nitrogens with zero attached hydrogens (tertiary/aromatic N) is 1. The third-order valence-electron chi connectivity index (χ3n) is 11.3. The summed E-state index contributed by atoms with van der Waals surface area (Å²) < 4.78 is 101. The van der Waals surface area contributed by atoms with Gasteiger partial charge < -0.3 is 8.98 Å². The highest BCUT2D eigenvalue weighted by Crippen LogP contribution is 2.66. The molecule has 0 aliphatic heterocycles. The van der Waals surface area contributed by atoms with Crippen molar-refractivity contribution in [2.24, 2.45) is 0 Å². The molecule has 0 spiro atoms. The normalized spacial score (nSPS) is 15.9. The van der Waals surface area contributed by atoms with Gasteiger partial charge in [0.15, 0.2) is 0 Å². The van der Waals surface area contributed by atoms with E-state index in [1.165, 1.54) is 24.3 Å². The Labute approximate surface area is 308 Å². The summed E-state index contributed by atoms with van der Waals surface area (Å²) in [6.07, 6.45) is 0. The Balaban J connectivity index is 1.19. The quantitative estimate of drug-likeness (QED) is 0.131. The van der Waals surface area contributed by atoms with Gasteiger partial charge in [-0.3, -0.25) is 0 Å². The molecule has 10 aromatic rings. The zero-order chi connectivity index (χ0) is 37.4. The molecule has 0 bridgehead atoms. The van der Waals surface area contributed by atoms with Crippen molar-refractivity contribution in [1.82, 2.24) is 4.57 Å². The van der Waals surface area contributed by atoms with Gasteiger partial charge in [-0.15, -0.1) is 0 Å². The first kappa shape index (κ1) is 31.9. The van der Waals surface area contributed by atoms with Crippen LogP contribution < -0.4 is 0 Å². The maximum atomic E-state index is 15.7. The van der Waals surface area contributed by atoms with Crippen molar-refractivity contribution in [3.05, 3.63) is 163 Å². The summed E-state index contributed by atoms with van der Waals surface area (Å²) in [6, 6.07) is 45.9. The van der Waals surface area contributed by atoms with Gasteiger partial charge in [-0.1, -0.05) is 103 Å². The van der Waals surface area contributed by atoms with E-state index < -0.39 is 28.9 Å². The van der Waals surface area contributed by atoms with Crippen molar-refractivity contribution in [2.75, 3.05) is 0 Å². The SMILES string of the molecule is FC1(F)c2c(c3ccc(-c4cccc5oc6ccc(-n7c8ccccc8c8ccccc87)cc6c45)cc3c3cc(-c4ccccc4)ccc23)C(F)(F)C1(F)F. The molecular weight excluding hydrogens is 709 g/mol. The molecule has 0 fully saturated rings. The number of hydrogen-bond acceptors (Lipinski definition) is 1. The van der Waals surface area contributed by atoms with Crippen LogP contribution in [0.3, 0.4) is 0 Å². The molecule has 2 nitrogen and oxygen atoms in total. The second kappa shape index (κ2) is 10.8. The molecule has 1 aliphatic carbocycles. The van der Waals surface area contributed by atoms with Crippen molar-refractivity contribution in [2.45, 2.75) is 17.8 Å². The lowest BCUT2D eigenvalue weighted by atomic mass is 9.88. The van der Waals surface area contributed by atoms with Crippen molar-refractivity contribution in [1.29, 1.82) is 0 Å². The van der Waals surface area contributed by atoms with E-state index in [2.05, 4.69) is 34.9 Å². The minimum absolute atomic E-state index is 0.160. The molecule has 266 valence electrons. The minimum Gasteiger partial charge on any atom is -0.456 e. The summed E-state index contributed by atoms with van der Waals surface area (Å²) in [7, 11) is 0. The van der Waals surface area contributed by atoms with Crippen LogP contribution in [0, 0.1) is 0 Å². The molecule has 0 unspecified atom stereocenters. The molecule has 0 N–H and O–H groups in total. The van der Waals surface area contributed by atoms with Crippen molar-refractivity contribution >= 4 is 65.3 Å². The summed E-state index contributed by atoms with van der Waals surface area (Å²) >= 11 is 0. The van der Waals surface area contributed by atoms with E-state index in [4.69, 9.17) is 4.42 Å². The van der Waals surface area contributed by atoms with E-state index in [-0.39, 0.29) is 21.5 Å². The zero-order valence-electron chi connectivity index (χ0n) is 28.6. The van der Waals surface area contributed by atoms with E-state index >= 15 is 26.3 Å². The number of benzene rings is 8. The standard InChI is InChI=1S/C47H25F6NO/c48-45(49)43-33-20-17-27(26-9-2-1-3-10-26)23-35(33)36-24-28(18-21-34(36)44(43)46(50,51)47(45,52)53)30-13-8-16-41-42(30)37-25-29(19-22-40(37)55-41)54-38-14-6-4-11-31(38)32-12-5-7-15-39(32)54/h1-25H. The number of aromatic nitrogens is 1. The van der Waals surface area contributed by atoms with Gasteiger partial charge in [0.2, 0.25) is 0 Å². The topological polar surface area (TPSA) is 18.1 Å². The van der Waals surface area contributed by atoms with E-state index in [1.54, 1.807) is 12.1 Å². The number of halogens is 6. The fraction of sp³-hybridized carbons (Fsp3) is 0.0638. The number of fused-ring (bicyclic) bond motifs is 12. The van der Waals surface area contributed by atoms with Gasteiger partial charge in [0.25, 0.3) is 0 Å². The summed E-state index contributed by atoms with van der Waals surface area (Å²) in [5.74, 6) is -15.9. The highest BCUT2D eigenvalue weighted by Gasteiger charge is 2.80. The molecule has 1 aliphatic rings. The fourth-order valence-electron chi connectivity index (χ4n) is 8.78.